The number of aromatic nitrogens is 3. The number of hydrogen-bond acceptors (Lipinski definition) is 4. The lowest BCUT2D eigenvalue weighted by atomic mass is 9.95. The van der Waals surface area contributed by atoms with Crippen LogP contribution >= 0.6 is 0 Å². The lowest BCUT2D eigenvalue weighted by molar-refractivity contribution is 0.668. The normalized spacial score (nSPS) is 13.6. The lowest BCUT2D eigenvalue weighted by Gasteiger charge is -2.17. The number of pyridine rings is 1. The first-order valence-corrected chi connectivity index (χ1v) is 6.93. The summed E-state index contributed by atoms with van der Waals surface area (Å²) < 4.78 is 0. The van der Waals surface area contributed by atoms with Crippen molar-refractivity contribution in [2.24, 2.45) is 0 Å². The second-order valence-corrected chi connectivity index (χ2v) is 5.18. The lowest BCUT2D eigenvalue weighted by Crippen LogP contribution is -2.10. The molecule has 0 atom stereocenters. The third kappa shape index (κ3) is 2.37. The zero-order valence-electron chi connectivity index (χ0n) is 11.5. The van der Waals surface area contributed by atoms with Crippen LogP contribution in [-0.2, 0) is 19.4 Å². The summed E-state index contributed by atoms with van der Waals surface area (Å²) in [7, 11) is 0. The molecule has 2 aromatic heterocycles. The van der Waals surface area contributed by atoms with Gasteiger partial charge in [0, 0.05) is 23.5 Å². The quantitative estimate of drug-likeness (QED) is 0.895. The third-order valence-corrected chi connectivity index (χ3v) is 3.80. The molecule has 5 nitrogen and oxygen atoms in total. The Morgan fingerprint density at radius 1 is 1.40 bits per heavy atom. The average molecular weight is 267 g/mol. The first-order chi connectivity index (χ1) is 9.78. The van der Waals surface area contributed by atoms with Gasteiger partial charge in [0.15, 0.2) is 0 Å². The van der Waals surface area contributed by atoms with Gasteiger partial charge in [0.25, 0.3) is 0 Å². The zero-order valence-corrected chi connectivity index (χ0v) is 11.5. The summed E-state index contributed by atoms with van der Waals surface area (Å²) >= 11 is 0. The summed E-state index contributed by atoms with van der Waals surface area (Å²) in [6.07, 6.45) is 6.23. The molecule has 3 rings (SSSR count). The highest BCUT2D eigenvalue weighted by Crippen LogP contribution is 2.24. The van der Waals surface area contributed by atoms with E-state index in [1.54, 1.807) is 6.20 Å². The molecule has 0 aromatic carbocycles. The molecule has 0 spiro atoms. The van der Waals surface area contributed by atoms with Crippen molar-refractivity contribution in [2.75, 3.05) is 5.32 Å². The molecule has 1 aliphatic rings. The Morgan fingerprint density at radius 3 is 3.00 bits per heavy atom. The van der Waals surface area contributed by atoms with Crippen LogP contribution in [0.4, 0.5) is 5.82 Å². The van der Waals surface area contributed by atoms with Gasteiger partial charge in [-0.2, -0.15) is 10.4 Å². The SMILES string of the molecule is Cc1[nH]ncc1CNc1nc2c(cc1C#N)CCCC2. The van der Waals surface area contributed by atoms with E-state index in [2.05, 4.69) is 26.6 Å². The number of aromatic amines is 1. The Kier molecular flexibility index (Phi) is 3.38. The van der Waals surface area contributed by atoms with Crippen LogP contribution in [0.3, 0.4) is 0 Å². The number of nitrogens with one attached hydrogen (secondary N) is 2. The molecule has 0 fully saturated rings. The van der Waals surface area contributed by atoms with Crippen molar-refractivity contribution in [1.82, 2.24) is 15.2 Å². The molecule has 20 heavy (non-hydrogen) atoms. The minimum Gasteiger partial charge on any atom is -0.365 e. The molecule has 1 aliphatic carbocycles. The Labute approximate surface area is 118 Å². The van der Waals surface area contributed by atoms with Gasteiger partial charge in [-0.3, -0.25) is 5.10 Å². The highest BCUT2D eigenvalue weighted by atomic mass is 15.1. The van der Waals surface area contributed by atoms with Gasteiger partial charge in [-0.05, 0) is 44.2 Å². The maximum Gasteiger partial charge on any atom is 0.144 e. The van der Waals surface area contributed by atoms with Gasteiger partial charge in [-0.15, -0.1) is 0 Å². The molecule has 0 saturated carbocycles. The van der Waals surface area contributed by atoms with Gasteiger partial charge in [0.2, 0.25) is 0 Å². The number of rotatable bonds is 3. The predicted molar refractivity (Wildman–Crippen MR) is 76.2 cm³/mol. The summed E-state index contributed by atoms with van der Waals surface area (Å²) in [5.41, 5.74) is 5.13. The molecule has 2 N–H and O–H groups in total. The number of aryl methyl sites for hydroxylation is 3. The topological polar surface area (TPSA) is 77.4 Å². The van der Waals surface area contributed by atoms with Crippen LogP contribution in [0.15, 0.2) is 12.3 Å². The Hall–Kier alpha value is -2.35. The maximum atomic E-state index is 9.28. The van der Waals surface area contributed by atoms with E-state index in [1.165, 1.54) is 18.4 Å². The fourth-order valence-electron chi connectivity index (χ4n) is 2.59. The Morgan fingerprint density at radius 2 is 2.25 bits per heavy atom. The van der Waals surface area contributed by atoms with Gasteiger partial charge in [0.1, 0.15) is 11.9 Å². The molecule has 0 unspecified atom stereocenters. The molecule has 2 aromatic rings. The van der Waals surface area contributed by atoms with Crippen LogP contribution < -0.4 is 5.32 Å². The molecule has 0 saturated heterocycles. The fraction of sp³-hybridized carbons (Fsp3) is 0.400. The van der Waals surface area contributed by atoms with Gasteiger partial charge in [0.05, 0.1) is 11.8 Å². The van der Waals surface area contributed by atoms with Crippen LogP contribution in [0.5, 0.6) is 0 Å². The molecular formula is C15H17N5. The van der Waals surface area contributed by atoms with Gasteiger partial charge in [-0.25, -0.2) is 4.98 Å². The van der Waals surface area contributed by atoms with E-state index in [1.807, 2.05) is 13.0 Å². The van der Waals surface area contributed by atoms with Gasteiger partial charge in [-0.1, -0.05) is 0 Å². The molecule has 0 radical (unpaired) electrons. The number of nitrogens with zero attached hydrogens (tertiary/aromatic N) is 3. The first-order valence-electron chi connectivity index (χ1n) is 6.93. The minimum absolute atomic E-state index is 0.628. The maximum absolute atomic E-state index is 9.28. The Bertz CT molecular complexity index is 665. The number of H-pyrrole nitrogens is 1. The highest BCUT2D eigenvalue weighted by Gasteiger charge is 2.15. The van der Waals surface area contributed by atoms with E-state index >= 15 is 0 Å². The third-order valence-electron chi connectivity index (χ3n) is 3.80. The smallest absolute Gasteiger partial charge is 0.144 e. The van der Waals surface area contributed by atoms with Crippen molar-refractivity contribution in [3.63, 3.8) is 0 Å². The van der Waals surface area contributed by atoms with E-state index < -0.39 is 0 Å². The Balaban J connectivity index is 1.85. The van der Waals surface area contributed by atoms with Crippen LogP contribution in [-0.4, -0.2) is 15.2 Å². The first kappa shape index (κ1) is 12.7. The van der Waals surface area contributed by atoms with Crippen LogP contribution in [0.2, 0.25) is 0 Å². The van der Waals surface area contributed by atoms with Crippen LogP contribution in [0, 0.1) is 18.3 Å². The van der Waals surface area contributed by atoms with Crippen molar-refractivity contribution in [2.45, 2.75) is 39.2 Å². The zero-order chi connectivity index (χ0) is 13.9. The van der Waals surface area contributed by atoms with E-state index in [9.17, 15) is 5.26 Å². The van der Waals surface area contributed by atoms with Crippen molar-refractivity contribution >= 4 is 5.82 Å². The molecule has 0 amide bonds. The summed E-state index contributed by atoms with van der Waals surface area (Å²) in [6, 6.07) is 4.23. The van der Waals surface area contributed by atoms with Crippen LogP contribution in [0.25, 0.3) is 0 Å². The molecule has 5 heteroatoms. The molecule has 2 heterocycles. The summed E-state index contributed by atoms with van der Waals surface area (Å²) in [5.74, 6) is 0.689. The number of fused-ring (bicyclic) bond motifs is 1. The van der Waals surface area contributed by atoms with Crippen molar-refractivity contribution < 1.29 is 0 Å². The second-order valence-electron chi connectivity index (χ2n) is 5.18. The van der Waals surface area contributed by atoms with Crippen molar-refractivity contribution in [3.05, 3.63) is 40.3 Å². The summed E-state index contributed by atoms with van der Waals surface area (Å²) in [4.78, 5) is 4.65. The van der Waals surface area contributed by atoms with Crippen molar-refractivity contribution in [1.29, 1.82) is 5.26 Å². The van der Waals surface area contributed by atoms with E-state index in [4.69, 9.17) is 0 Å². The largest absolute Gasteiger partial charge is 0.365 e. The van der Waals surface area contributed by atoms with Gasteiger partial charge < -0.3 is 5.32 Å². The summed E-state index contributed by atoms with van der Waals surface area (Å²) in [6.45, 7) is 2.61. The number of anilines is 1. The number of hydrogen-bond donors (Lipinski definition) is 2. The van der Waals surface area contributed by atoms with E-state index in [-0.39, 0.29) is 0 Å². The monoisotopic (exact) mass is 267 g/mol. The van der Waals surface area contributed by atoms with Crippen molar-refractivity contribution in [3.8, 4) is 6.07 Å². The molecule has 0 aliphatic heterocycles. The van der Waals surface area contributed by atoms with E-state index in [0.717, 1.165) is 29.8 Å². The standard InChI is InChI=1S/C15H17N5/c1-10-13(9-18-20-10)8-17-15-12(7-16)6-11-4-2-3-5-14(11)19-15/h6,9H,2-5,8H2,1H3,(H,17,19)(H,18,20). The average Bonchev–Trinajstić information content (AvgIpc) is 2.89. The minimum atomic E-state index is 0.628. The number of nitriles is 1. The molecular weight excluding hydrogens is 250 g/mol. The molecule has 102 valence electrons. The molecule has 0 bridgehead atoms. The van der Waals surface area contributed by atoms with Gasteiger partial charge >= 0.3 is 0 Å². The summed E-state index contributed by atoms with van der Waals surface area (Å²) in [5, 5.41) is 19.5. The highest BCUT2D eigenvalue weighted by molar-refractivity contribution is 5.55. The predicted octanol–water partition coefficient (Wildman–Crippen LogP) is 2.48. The fourth-order valence-corrected chi connectivity index (χ4v) is 2.59. The second kappa shape index (κ2) is 5.33. The van der Waals surface area contributed by atoms with E-state index in [0.29, 0.717) is 17.9 Å². The van der Waals surface area contributed by atoms with Crippen LogP contribution in [0.1, 0.15) is 40.9 Å².